The lowest BCUT2D eigenvalue weighted by Crippen LogP contribution is -2.02. The fourth-order valence-electron chi connectivity index (χ4n) is 1.74. The van der Waals surface area contributed by atoms with Crippen molar-refractivity contribution >= 4 is 40.3 Å². The molecular formula is C15H16Cl2N2O. The quantitative estimate of drug-likeness (QED) is 0.754. The molecule has 3 N–H and O–H groups in total. The van der Waals surface area contributed by atoms with Crippen LogP contribution in [0.15, 0.2) is 36.4 Å². The molecule has 0 atom stereocenters. The van der Waals surface area contributed by atoms with Gasteiger partial charge >= 0.3 is 0 Å². The van der Waals surface area contributed by atoms with Gasteiger partial charge in [0, 0.05) is 0 Å². The SMILES string of the molecule is CCCOc1cccc(Nc2cccc(Cl)c2Cl)c1N. The molecule has 0 aliphatic heterocycles. The predicted octanol–water partition coefficient (Wildman–Crippen LogP) is 5.11. The third-order valence-corrected chi connectivity index (χ3v) is 3.57. The van der Waals surface area contributed by atoms with E-state index in [0.29, 0.717) is 33.8 Å². The van der Waals surface area contributed by atoms with Crippen LogP contribution in [0.2, 0.25) is 10.0 Å². The standard InChI is InChI=1S/C15H16Cl2N2O/c1-2-9-20-13-8-4-7-12(15(13)18)19-11-6-3-5-10(16)14(11)17/h3-8,19H,2,9,18H2,1H3. The molecule has 0 aliphatic carbocycles. The maximum Gasteiger partial charge on any atom is 0.144 e. The number of hydrogen-bond acceptors (Lipinski definition) is 3. The van der Waals surface area contributed by atoms with E-state index in [1.165, 1.54) is 0 Å². The number of para-hydroxylation sites is 1. The molecule has 2 aromatic carbocycles. The van der Waals surface area contributed by atoms with Crippen molar-refractivity contribution < 1.29 is 4.74 Å². The van der Waals surface area contributed by atoms with Crippen molar-refractivity contribution in [2.45, 2.75) is 13.3 Å². The second kappa shape index (κ2) is 6.73. The zero-order valence-electron chi connectivity index (χ0n) is 11.1. The van der Waals surface area contributed by atoms with Crippen LogP contribution in [-0.2, 0) is 0 Å². The topological polar surface area (TPSA) is 47.3 Å². The van der Waals surface area contributed by atoms with Crippen LogP contribution in [0.5, 0.6) is 5.75 Å². The highest BCUT2D eigenvalue weighted by Crippen LogP contribution is 2.36. The molecule has 3 nitrogen and oxygen atoms in total. The summed E-state index contributed by atoms with van der Waals surface area (Å²) in [4.78, 5) is 0. The minimum absolute atomic E-state index is 0.466. The Kier molecular flexibility index (Phi) is 4.99. The molecule has 106 valence electrons. The first kappa shape index (κ1) is 14.8. The fraction of sp³-hybridized carbons (Fsp3) is 0.200. The van der Waals surface area contributed by atoms with E-state index in [2.05, 4.69) is 5.32 Å². The Morgan fingerprint density at radius 2 is 1.80 bits per heavy atom. The van der Waals surface area contributed by atoms with Gasteiger partial charge in [0.15, 0.2) is 0 Å². The Labute approximate surface area is 128 Å². The third kappa shape index (κ3) is 3.30. The summed E-state index contributed by atoms with van der Waals surface area (Å²) in [6, 6.07) is 11.0. The van der Waals surface area contributed by atoms with Gasteiger partial charge in [-0.3, -0.25) is 0 Å². The van der Waals surface area contributed by atoms with Crippen molar-refractivity contribution in [2.75, 3.05) is 17.7 Å². The van der Waals surface area contributed by atoms with Gasteiger partial charge in [-0.1, -0.05) is 42.3 Å². The maximum absolute atomic E-state index is 6.15. The molecule has 0 spiro atoms. The number of ether oxygens (including phenoxy) is 1. The van der Waals surface area contributed by atoms with E-state index in [9.17, 15) is 0 Å². The van der Waals surface area contributed by atoms with E-state index >= 15 is 0 Å². The first-order valence-corrected chi connectivity index (χ1v) is 7.11. The highest BCUT2D eigenvalue weighted by atomic mass is 35.5. The minimum atomic E-state index is 0.466. The number of benzene rings is 2. The van der Waals surface area contributed by atoms with Crippen molar-refractivity contribution in [3.63, 3.8) is 0 Å². The molecule has 20 heavy (non-hydrogen) atoms. The summed E-state index contributed by atoms with van der Waals surface area (Å²) in [6.07, 6.45) is 0.928. The lowest BCUT2D eigenvalue weighted by molar-refractivity contribution is 0.319. The zero-order chi connectivity index (χ0) is 14.5. The number of rotatable bonds is 5. The number of nitrogens with one attached hydrogen (secondary N) is 1. The van der Waals surface area contributed by atoms with Gasteiger partial charge < -0.3 is 15.8 Å². The Morgan fingerprint density at radius 3 is 2.55 bits per heavy atom. The highest BCUT2D eigenvalue weighted by molar-refractivity contribution is 6.43. The molecule has 0 aromatic heterocycles. The number of halogens is 2. The molecule has 0 heterocycles. The average Bonchev–Trinajstić information content (AvgIpc) is 2.44. The minimum Gasteiger partial charge on any atom is -0.491 e. The summed E-state index contributed by atoms with van der Waals surface area (Å²) in [5.41, 5.74) is 8.09. The van der Waals surface area contributed by atoms with E-state index in [4.69, 9.17) is 33.7 Å². The average molecular weight is 311 g/mol. The molecule has 0 saturated carbocycles. The largest absolute Gasteiger partial charge is 0.491 e. The summed E-state index contributed by atoms with van der Waals surface area (Å²) in [7, 11) is 0. The fourth-order valence-corrected chi connectivity index (χ4v) is 2.08. The number of anilines is 3. The van der Waals surface area contributed by atoms with Crippen LogP contribution < -0.4 is 15.8 Å². The summed E-state index contributed by atoms with van der Waals surface area (Å²) < 4.78 is 5.59. The van der Waals surface area contributed by atoms with Crippen LogP contribution in [0.3, 0.4) is 0 Å². The Balaban J connectivity index is 2.27. The van der Waals surface area contributed by atoms with Gasteiger partial charge in [-0.25, -0.2) is 0 Å². The van der Waals surface area contributed by atoms with Crippen LogP contribution in [0.25, 0.3) is 0 Å². The number of hydrogen-bond donors (Lipinski definition) is 2. The number of nitrogens with two attached hydrogens (primary N) is 1. The van der Waals surface area contributed by atoms with Crippen LogP contribution in [0.4, 0.5) is 17.1 Å². The lowest BCUT2D eigenvalue weighted by atomic mass is 10.2. The van der Waals surface area contributed by atoms with Crippen LogP contribution in [0, 0.1) is 0 Å². The van der Waals surface area contributed by atoms with E-state index < -0.39 is 0 Å². The van der Waals surface area contributed by atoms with Crippen molar-refractivity contribution in [2.24, 2.45) is 0 Å². The van der Waals surface area contributed by atoms with Crippen LogP contribution in [0.1, 0.15) is 13.3 Å². The number of nitrogen functional groups attached to an aromatic ring is 1. The molecule has 2 rings (SSSR count). The molecule has 2 aromatic rings. The Hall–Kier alpha value is -1.58. The first-order valence-electron chi connectivity index (χ1n) is 6.35. The summed E-state index contributed by atoms with van der Waals surface area (Å²) >= 11 is 12.1. The predicted molar refractivity (Wildman–Crippen MR) is 86.4 cm³/mol. The Bertz CT molecular complexity index is 602. The smallest absolute Gasteiger partial charge is 0.144 e. The van der Waals surface area contributed by atoms with E-state index in [1.54, 1.807) is 6.07 Å². The van der Waals surface area contributed by atoms with Gasteiger partial charge in [0.1, 0.15) is 5.75 Å². The van der Waals surface area contributed by atoms with E-state index in [-0.39, 0.29) is 0 Å². The monoisotopic (exact) mass is 310 g/mol. The maximum atomic E-state index is 6.15. The normalized spacial score (nSPS) is 10.3. The molecule has 0 saturated heterocycles. The molecule has 0 aliphatic rings. The molecule has 0 amide bonds. The molecule has 0 bridgehead atoms. The molecule has 0 radical (unpaired) electrons. The van der Waals surface area contributed by atoms with Gasteiger partial charge in [-0.15, -0.1) is 0 Å². The molecular weight excluding hydrogens is 295 g/mol. The van der Waals surface area contributed by atoms with E-state index in [1.807, 2.05) is 37.3 Å². The van der Waals surface area contributed by atoms with Gasteiger partial charge in [0.25, 0.3) is 0 Å². The van der Waals surface area contributed by atoms with Crippen molar-refractivity contribution in [1.29, 1.82) is 0 Å². The highest BCUT2D eigenvalue weighted by Gasteiger charge is 2.09. The van der Waals surface area contributed by atoms with Gasteiger partial charge in [-0.2, -0.15) is 0 Å². The van der Waals surface area contributed by atoms with Crippen molar-refractivity contribution in [3.8, 4) is 5.75 Å². The van der Waals surface area contributed by atoms with Gasteiger partial charge in [-0.05, 0) is 30.7 Å². The van der Waals surface area contributed by atoms with Crippen molar-refractivity contribution in [1.82, 2.24) is 0 Å². The Morgan fingerprint density at radius 1 is 1.10 bits per heavy atom. The van der Waals surface area contributed by atoms with Gasteiger partial charge in [0.05, 0.1) is 33.7 Å². The first-order chi connectivity index (χ1) is 9.63. The summed E-state index contributed by atoms with van der Waals surface area (Å²) in [6.45, 7) is 2.68. The van der Waals surface area contributed by atoms with Gasteiger partial charge in [0.2, 0.25) is 0 Å². The molecule has 0 fully saturated rings. The molecule has 0 unspecified atom stereocenters. The van der Waals surface area contributed by atoms with E-state index in [0.717, 1.165) is 12.1 Å². The summed E-state index contributed by atoms with van der Waals surface area (Å²) in [5.74, 6) is 0.662. The zero-order valence-corrected chi connectivity index (χ0v) is 12.6. The van der Waals surface area contributed by atoms with Crippen molar-refractivity contribution in [3.05, 3.63) is 46.4 Å². The molecule has 5 heteroatoms. The second-order valence-corrected chi connectivity index (χ2v) is 5.08. The third-order valence-electron chi connectivity index (χ3n) is 2.75. The van der Waals surface area contributed by atoms with Crippen LogP contribution >= 0.6 is 23.2 Å². The lowest BCUT2D eigenvalue weighted by Gasteiger charge is -2.14. The summed E-state index contributed by atoms with van der Waals surface area (Å²) in [5, 5.41) is 4.14. The second-order valence-electron chi connectivity index (χ2n) is 4.29. The van der Waals surface area contributed by atoms with Crippen LogP contribution in [-0.4, -0.2) is 6.61 Å².